The van der Waals surface area contributed by atoms with Crippen LogP contribution >= 0.6 is 12.4 Å². The third-order valence-corrected chi connectivity index (χ3v) is 8.66. The van der Waals surface area contributed by atoms with Crippen molar-refractivity contribution in [2.45, 2.75) is 50.7 Å². The van der Waals surface area contributed by atoms with E-state index in [1.165, 1.54) is 18.6 Å². The van der Waals surface area contributed by atoms with E-state index in [2.05, 4.69) is 4.90 Å². The number of halogens is 3. The summed E-state index contributed by atoms with van der Waals surface area (Å²) in [7, 11) is 0. The number of piperidine rings is 1. The number of likely N-dealkylation sites (tertiary alicyclic amines) is 2. The fourth-order valence-electron chi connectivity index (χ4n) is 6.44. The average Bonchev–Trinajstić information content (AvgIpc) is 3.20. The van der Waals surface area contributed by atoms with Gasteiger partial charge >= 0.3 is 0 Å². The number of nitrogens with zero attached hydrogens (tertiary/aromatic N) is 2. The van der Waals surface area contributed by atoms with Crippen LogP contribution in [0, 0.1) is 29.4 Å². The highest BCUT2D eigenvalue weighted by molar-refractivity contribution is 5.85. The monoisotopic (exact) mass is 504 g/mol. The Bertz CT molecular complexity index is 1040. The minimum atomic E-state index is -1.01. The first-order chi connectivity index (χ1) is 16.3. The SMILES string of the molecule is CC1CN(C(=O)[C@@H]2CN(C3CCC3)C[C@H]2c2ccc(F)cc2F)CC(C)C1(O)c1ccccc1.Cl. The lowest BCUT2D eigenvalue weighted by atomic mass is 9.70. The predicted molar refractivity (Wildman–Crippen MR) is 134 cm³/mol. The van der Waals surface area contributed by atoms with Gasteiger partial charge in [0.25, 0.3) is 0 Å². The highest BCUT2D eigenvalue weighted by atomic mass is 35.5. The lowest BCUT2D eigenvalue weighted by molar-refractivity contribution is -0.152. The molecule has 1 aliphatic carbocycles. The van der Waals surface area contributed by atoms with Crippen molar-refractivity contribution in [3.8, 4) is 0 Å². The summed E-state index contributed by atoms with van der Waals surface area (Å²) in [5.74, 6) is -2.11. The Kier molecular flexibility index (Phi) is 7.56. The number of amides is 1. The lowest BCUT2D eigenvalue weighted by Crippen LogP contribution is -2.57. The van der Waals surface area contributed by atoms with Crippen LogP contribution in [0.1, 0.15) is 50.2 Å². The van der Waals surface area contributed by atoms with Gasteiger partial charge in [0.1, 0.15) is 11.6 Å². The maximum atomic E-state index is 14.8. The molecule has 3 aliphatic rings. The van der Waals surface area contributed by atoms with Gasteiger partial charge in [-0.25, -0.2) is 8.78 Å². The van der Waals surface area contributed by atoms with Crippen LogP contribution in [0.3, 0.4) is 0 Å². The Morgan fingerprint density at radius 2 is 1.63 bits per heavy atom. The zero-order valence-corrected chi connectivity index (χ0v) is 21.2. The van der Waals surface area contributed by atoms with E-state index >= 15 is 0 Å². The first kappa shape index (κ1) is 26.1. The summed E-state index contributed by atoms with van der Waals surface area (Å²) in [6.07, 6.45) is 3.41. The van der Waals surface area contributed by atoms with Crippen molar-refractivity contribution in [1.29, 1.82) is 0 Å². The van der Waals surface area contributed by atoms with E-state index < -0.39 is 17.2 Å². The van der Waals surface area contributed by atoms with Crippen molar-refractivity contribution in [2.24, 2.45) is 17.8 Å². The Balaban J connectivity index is 0.00000289. The summed E-state index contributed by atoms with van der Waals surface area (Å²) in [5, 5.41) is 11.7. The molecule has 3 fully saturated rings. The second-order valence-corrected chi connectivity index (χ2v) is 10.7. The third-order valence-electron chi connectivity index (χ3n) is 8.66. The molecule has 0 aromatic heterocycles. The fraction of sp³-hybridized carbons (Fsp3) is 0.536. The van der Waals surface area contributed by atoms with E-state index in [1.807, 2.05) is 49.1 Å². The van der Waals surface area contributed by atoms with Crippen molar-refractivity contribution in [3.05, 3.63) is 71.3 Å². The van der Waals surface area contributed by atoms with E-state index in [-0.39, 0.29) is 42.0 Å². The van der Waals surface area contributed by atoms with Crippen LogP contribution in [0.2, 0.25) is 0 Å². The van der Waals surface area contributed by atoms with E-state index in [4.69, 9.17) is 0 Å². The van der Waals surface area contributed by atoms with Gasteiger partial charge < -0.3 is 10.0 Å². The molecule has 4 nitrogen and oxygen atoms in total. The van der Waals surface area contributed by atoms with Crippen LogP contribution in [0.25, 0.3) is 0 Å². The van der Waals surface area contributed by atoms with Crippen LogP contribution in [-0.4, -0.2) is 53.0 Å². The van der Waals surface area contributed by atoms with Gasteiger partial charge in [0.05, 0.1) is 11.5 Å². The Hall–Kier alpha value is -2.02. The first-order valence-corrected chi connectivity index (χ1v) is 12.5. The third kappa shape index (κ3) is 4.61. The molecule has 190 valence electrons. The molecule has 4 atom stereocenters. The summed E-state index contributed by atoms with van der Waals surface area (Å²) in [6, 6.07) is 13.9. The number of carbonyl (C=O) groups is 1. The molecule has 2 aliphatic heterocycles. The van der Waals surface area contributed by atoms with Crippen molar-refractivity contribution >= 4 is 18.3 Å². The molecular formula is C28H35ClF2N2O2. The summed E-state index contributed by atoms with van der Waals surface area (Å²) in [5.41, 5.74) is 0.305. The van der Waals surface area contributed by atoms with Gasteiger partial charge in [0, 0.05) is 56.0 Å². The normalized spacial score (nSPS) is 31.6. The van der Waals surface area contributed by atoms with Crippen molar-refractivity contribution in [2.75, 3.05) is 26.2 Å². The van der Waals surface area contributed by atoms with Crippen LogP contribution in [0.4, 0.5) is 8.78 Å². The number of rotatable bonds is 4. The molecule has 2 heterocycles. The predicted octanol–water partition coefficient (Wildman–Crippen LogP) is 4.96. The number of hydrogen-bond acceptors (Lipinski definition) is 3. The first-order valence-electron chi connectivity index (χ1n) is 12.5. The molecule has 1 amide bonds. The van der Waals surface area contributed by atoms with Gasteiger partial charge in [-0.05, 0) is 30.0 Å². The summed E-state index contributed by atoms with van der Waals surface area (Å²) >= 11 is 0. The average molecular weight is 505 g/mol. The smallest absolute Gasteiger partial charge is 0.227 e. The maximum absolute atomic E-state index is 14.8. The molecule has 35 heavy (non-hydrogen) atoms. The lowest BCUT2D eigenvalue weighted by Gasteiger charge is -2.48. The van der Waals surface area contributed by atoms with Gasteiger partial charge in [0.15, 0.2) is 0 Å². The molecule has 2 aromatic rings. The van der Waals surface area contributed by atoms with Crippen molar-refractivity contribution < 1.29 is 18.7 Å². The molecule has 0 radical (unpaired) electrons. The summed E-state index contributed by atoms with van der Waals surface area (Å²) < 4.78 is 28.4. The molecule has 1 N–H and O–H groups in total. The minimum absolute atomic E-state index is 0. The van der Waals surface area contributed by atoms with E-state index in [9.17, 15) is 18.7 Å². The molecule has 0 bridgehead atoms. The standard InChI is InChI=1S/C28H34F2N2O2.ClH/c1-18-14-32(15-19(2)28(18,34)20-7-4-3-5-8-20)27(33)25-17-31(22-9-6-10-22)16-24(25)23-12-11-21(29)13-26(23)30;/h3-5,7-8,11-13,18-19,22,24-25,34H,6,9-10,14-17H2,1-2H3;1H/t18?,19?,24-,25+,28?;/m0./s1. The summed E-state index contributed by atoms with van der Waals surface area (Å²) in [4.78, 5) is 18.1. The topological polar surface area (TPSA) is 43.8 Å². The number of hydrogen-bond donors (Lipinski definition) is 1. The summed E-state index contributed by atoms with van der Waals surface area (Å²) in [6.45, 7) is 6.12. The van der Waals surface area contributed by atoms with Gasteiger partial charge in [-0.15, -0.1) is 12.4 Å². The van der Waals surface area contributed by atoms with Crippen molar-refractivity contribution in [3.63, 3.8) is 0 Å². The van der Waals surface area contributed by atoms with E-state index in [0.717, 1.165) is 24.5 Å². The molecule has 0 spiro atoms. The second kappa shape index (κ2) is 10.2. The van der Waals surface area contributed by atoms with Crippen LogP contribution < -0.4 is 0 Å². The van der Waals surface area contributed by atoms with Gasteiger partial charge in [-0.2, -0.15) is 0 Å². The fourth-order valence-corrected chi connectivity index (χ4v) is 6.44. The molecule has 2 aromatic carbocycles. The molecular weight excluding hydrogens is 470 g/mol. The highest BCUT2D eigenvalue weighted by Crippen LogP contribution is 2.44. The molecule has 2 unspecified atom stereocenters. The zero-order chi connectivity index (χ0) is 24.0. The van der Waals surface area contributed by atoms with Crippen molar-refractivity contribution in [1.82, 2.24) is 9.80 Å². The zero-order valence-electron chi connectivity index (χ0n) is 20.4. The minimum Gasteiger partial charge on any atom is -0.384 e. The Morgan fingerprint density at radius 3 is 2.20 bits per heavy atom. The Morgan fingerprint density at radius 1 is 0.971 bits per heavy atom. The molecule has 2 saturated heterocycles. The highest BCUT2D eigenvalue weighted by Gasteiger charge is 2.50. The van der Waals surface area contributed by atoms with Gasteiger partial charge in [0.2, 0.25) is 5.91 Å². The molecule has 1 saturated carbocycles. The maximum Gasteiger partial charge on any atom is 0.227 e. The van der Waals surface area contributed by atoms with Gasteiger partial charge in [-0.1, -0.05) is 56.7 Å². The van der Waals surface area contributed by atoms with E-state index in [1.54, 1.807) is 0 Å². The van der Waals surface area contributed by atoms with Crippen LogP contribution in [0.5, 0.6) is 0 Å². The van der Waals surface area contributed by atoms with E-state index in [0.29, 0.717) is 37.8 Å². The molecule has 5 rings (SSSR count). The quantitative estimate of drug-likeness (QED) is 0.640. The van der Waals surface area contributed by atoms with Gasteiger partial charge in [-0.3, -0.25) is 9.69 Å². The largest absolute Gasteiger partial charge is 0.384 e. The van der Waals surface area contributed by atoms with Crippen LogP contribution in [-0.2, 0) is 10.4 Å². The molecule has 7 heteroatoms. The second-order valence-electron chi connectivity index (χ2n) is 10.7. The Labute approximate surface area is 212 Å². The number of benzene rings is 2. The number of carbonyl (C=O) groups excluding carboxylic acids is 1. The van der Waals surface area contributed by atoms with Crippen LogP contribution in [0.15, 0.2) is 48.5 Å². The number of aliphatic hydroxyl groups is 1.